The average Bonchev–Trinajstić information content (AvgIpc) is 2.05. The van der Waals surface area contributed by atoms with E-state index in [0.717, 1.165) is 5.56 Å². The average molecular weight is 200 g/mol. The molecule has 3 N–H and O–H groups in total. The number of carboxylic acids is 1. The van der Waals surface area contributed by atoms with Gasteiger partial charge in [0.05, 0.1) is 0 Å². The van der Waals surface area contributed by atoms with Crippen LogP contribution in [0.15, 0.2) is 30.3 Å². The minimum Gasteiger partial charge on any atom is -0.479 e. The summed E-state index contributed by atoms with van der Waals surface area (Å²) < 4.78 is 0. The van der Waals surface area contributed by atoms with Crippen molar-refractivity contribution in [3.8, 4) is 0 Å². The number of carbonyl (C=O) groups is 1. The number of hydrogen-bond donors (Lipinski definition) is 2. The van der Waals surface area contributed by atoms with Crippen LogP contribution in [-0.2, 0) is 11.2 Å². The van der Waals surface area contributed by atoms with Crippen molar-refractivity contribution in [1.29, 1.82) is 0 Å². The number of benzene rings is 1. The Bertz CT molecular complexity index is 298. The van der Waals surface area contributed by atoms with Crippen LogP contribution < -0.4 is 5.73 Å². The van der Waals surface area contributed by atoms with Crippen LogP contribution in [0.5, 0.6) is 0 Å². The number of halogens is 1. The Labute approximate surface area is 81.1 Å². The second-order valence-electron chi connectivity index (χ2n) is 2.83. The first-order valence-corrected chi connectivity index (χ1v) is 4.15. The molecule has 0 saturated heterocycles. The Morgan fingerprint density at radius 2 is 2.00 bits per heavy atom. The molecule has 70 valence electrons. The quantitative estimate of drug-likeness (QED) is 0.568. The third-order valence-electron chi connectivity index (χ3n) is 1.66. The van der Waals surface area contributed by atoms with E-state index in [1.807, 2.05) is 18.2 Å². The van der Waals surface area contributed by atoms with E-state index >= 15 is 0 Å². The molecular weight excluding hydrogens is 190 g/mol. The highest BCUT2D eigenvalue weighted by molar-refractivity contribution is 6.33. The lowest BCUT2D eigenvalue weighted by Crippen LogP contribution is -2.44. The van der Waals surface area contributed by atoms with Gasteiger partial charge >= 0.3 is 5.97 Å². The van der Waals surface area contributed by atoms with Crippen LogP contribution in [0.1, 0.15) is 5.56 Å². The van der Waals surface area contributed by atoms with Gasteiger partial charge in [0.2, 0.25) is 0 Å². The Hall–Kier alpha value is -1.06. The molecule has 1 unspecified atom stereocenters. The number of hydrogen-bond acceptors (Lipinski definition) is 2. The van der Waals surface area contributed by atoms with Crippen molar-refractivity contribution in [2.45, 2.75) is 11.4 Å². The van der Waals surface area contributed by atoms with E-state index in [4.69, 9.17) is 22.4 Å². The minimum atomic E-state index is -1.71. The summed E-state index contributed by atoms with van der Waals surface area (Å²) in [5.74, 6) is -1.21. The van der Waals surface area contributed by atoms with Gasteiger partial charge in [0.25, 0.3) is 0 Å². The Morgan fingerprint density at radius 3 is 2.46 bits per heavy atom. The molecule has 1 aromatic carbocycles. The highest BCUT2D eigenvalue weighted by Gasteiger charge is 2.30. The van der Waals surface area contributed by atoms with Crippen molar-refractivity contribution in [3.63, 3.8) is 0 Å². The second kappa shape index (κ2) is 3.77. The van der Waals surface area contributed by atoms with Gasteiger partial charge in [-0.05, 0) is 5.56 Å². The Kier molecular flexibility index (Phi) is 2.90. The van der Waals surface area contributed by atoms with Gasteiger partial charge in [-0.1, -0.05) is 41.9 Å². The fourth-order valence-corrected chi connectivity index (χ4v) is 1.12. The molecule has 0 bridgehead atoms. The summed E-state index contributed by atoms with van der Waals surface area (Å²) >= 11 is 5.58. The van der Waals surface area contributed by atoms with E-state index in [1.54, 1.807) is 12.1 Å². The minimum absolute atomic E-state index is 0.116. The van der Waals surface area contributed by atoms with E-state index in [1.165, 1.54) is 0 Å². The van der Waals surface area contributed by atoms with Crippen molar-refractivity contribution in [2.24, 2.45) is 5.73 Å². The number of aliphatic carboxylic acids is 1. The molecule has 1 rings (SSSR count). The molecule has 0 spiro atoms. The van der Waals surface area contributed by atoms with Crippen molar-refractivity contribution in [3.05, 3.63) is 35.9 Å². The number of carboxylic acid groups (broad SMARTS) is 1. The zero-order valence-corrected chi connectivity index (χ0v) is 7.66. The molecule has 0 aliphatic heterocycles. The molecule has 0 saturated carbocycles. The molecule has 1 aromatic rings. The van der Waals surface area contributed by atoms with E-state index < -0.39 is 11.0 Å². The van der Waals surface area contributed by atoms with Gasteiger partial charge in [-0.3, -0.25) is 0 Å². The lowest BCUT2D eigenvalue weighted by atomic mass is 10.1. The molecule has 0 radical (unpaired) electrons. The van der Waals surface area contributed by atoms with E-state index in [-0.39, 0.29) is 6.42 Å². The molecule has 4 heteroatoms. The van der Waals surface area contributed by atoms with Crippen molar-refractivity contribution >= 4 is 17.6 Å². The zero-order chi connectivity index (χ0) is 9.90. The van der Waals surface area contributed by atoms with Gasteiger partial charge in [0.15, 0.2) is 5.00 Å². The van der Waals surface area contributed by atoms with Gasteiger partial charge in [0.1, 0.15) is 0 Å². The van der Waals surface area contributed by atoms with Gasteiger partial charge in [-0.25, -0.2) is 4.79 Å². The van der Waals surface area contributed by atoms with E-state index in [2.05, 4.69) is 0 Å². The molecule has 0 aromatic heterocycles. The molecule has 0 amide bonds. The standard InChI is InChI=1S/C9H10ClNO2/c10-9(11,8(12)13)6-7-4-2-1-3-5-7/h1-5H,6,11H2,(H,12,13). The summed E-state index contributed by atoms with van der Waals surface area (Å²) in [6.07, 6.45) is 0.116. The van der Waals surface area contributed by atoms with Crippen molar-refractivity contribution in [2.75, 3.05) is 0 Å². The SMILES string of the molecule is NC(Cl)(Cc1ccccc1)C(=O)O. The van der Waals surface area contributed by atoms with Crippen LogP contribution in [0.3, 0.4) is 0 Å². The first-order chi connectivity index (χ1) is 6.02. The summed E-state index contributed by atoms with van der Waals surface area (Å²) in [6, 6.07) is 9.03. The first-order valence-electron chi connectivity index (χ1n) is 3.77. The Morgan fingerprint density at radius 1 is 1.46 bits per heavy atom. The van der Waals surface area contributed by atoms with Crippen LogP contribution in [0.4, 0.5) is 0 Å². The molecule has 1 atom stereocenters. The molecule has 3 nitrogen and oxygen atoms in total. The van der Waals surface area contributed by atoms with Crippen LogP contribution in [0, 0.1) is 0 Å². The second-order valence-corrected chi connectivity index (χ2v) is 3.50. The molecule has 0 aliphatic rings. The van der Waals surface area contributed by atoms with Crippen LogP contribution >= 0.6 is 11.6 Å². The fraction of sp³-hybridized carbons (Fsp3) is 0.222. The first kappa shape index (κ1) is 10.0. The summed E-state index contributed by atoms with van der Waals surface area (Å²) in [5.41, 5.74) is 6.17. The number of rotatable bonds is 3. The Balaban J connectivity index is 2.75. The maximum atomic E-state index is 10.6. The maximum Gasteiger partial charge on any atom is 0.339 e. The lowest BCUT2D eigenvalue weighted by molar-refractivity contribution is -0.140. The summed E-state index contributed by atoms with van der Waals surface area (Å²) in [5, 5.41) is 8.65. The van der Waals surface area contributed by atoms with Crippen molar-refractivity contribution in [1.82, 2.24) is 0 Å². The normalized spacial score (nSPS) is 14.9. The third kappa shape index (κ3) is 2.72. The lowest BCUT2D eigenvalue weighted by Gasteiger charge is -2.15. The smallest absolute Gasteiger partial charge is 0.339 e. The van der Waals surface area contributed by atoms with Crippen molar-refractivity contribution < 1.29 is 9.90 Å². The molecule has 13 heavy (non-hydrogen) atoms. The highest BCUT2D eigenvalue weighted by Crippen LogP contribution is 2.15. The largest absolute Gasteiger partial charge is 0.479 e. The van der Waals surface area contributed by atoms with Crippen LogP contribution in [0.2, 0.25) is 0 Å². The van der Waals surface area contributed by atoms with Crippen LogP contribution in [0.25, 0.3) is 0 Å². The zero-order valence-electron chi connectivity index (χ0n) is 6.90. The van der Waals surface area contributed by atoms with E-state index in [0.29, 0.717) is 0 Å². The third-order valence-corrected chi connectivity index (χ3v) is 1.96. The van der Waals surface area contributed by atoms with Crippen LogP contribution in [-0.4, -0.2) is 16.1 Å². The highest BCUT2D eigenvalue weighted by atomic mass is 35.5. The van der Waals surface area contributed by atoms with E-state index in [9.17, 15) is 4.79 Å². The molecule has 0 aliphatic carbocycles. The maximum absolute atomic E-state index is 10.6. The summed E-state index contributed by atoms with van der Waals surface area (Å²) in [7, 11) is 0. The number of alkyl halides is 1. The monoisotopic (exact) mass is 199 g/mol. The number of nitrogens with two attached hydrogens (primary N) is 1. The summed E-state index contributed by atoms with van der Waals surface area (Å²) in [4.78, 5) is 8.86. The van der Waals surface area contributed by atoms with Gasteiger partial charge in [0, 0.05) is 6.42 Å². The predicted octanol–water partition coefficient (Wildman–Crippen LogP) is 1.21. The predicted molar refractivity (Wildman–Crippen MR) is 50.6 cm³/mol. The van der Waals surface area contributed by atoms with Gasteiger partial charge < -0.3 is 10.8 Å². The van der Waals surface area contributed by atoms with Gasteiger partial charge in [-0.2, -0.15) is 0 Å². The fourth-order valence-electron chi connectivity index (χ4n) is 0.969. The topological polar surface area (TPSA) is 63.3 Å². The van der Waals surface area contributed by atoms with Gasteiger partial charge in [-0.15, -0.1) is 0 Å². The molecular formula is C9H10ClNO2. The molecule has 0 heterocycles. The molecule has 0 fully saturated rings. The summed E-state index contributed by atoms with van der Waals surface area (Å²) in [6.45, 7) is 0.